The maximum atomic E-state index is 10.8. The molecule has 6 N–H and O–H groups in total. The quantitative estimate of drug-likeness (QED) is 0.0945. The van der Waals surface area contributed by atoms with E-state index in [1.54, 1.807) is 31.4 Å². The zero-order valence-corrected chi connectivity index (χ0v) is 29.9. The number of aromatic hydroxyl groups is 3. The Kier molecular flexibility index (Phi) is 10.9. The van der Waals surface area contributed by atoms with Gasteiger partial charge in [-0.3, -0.25) is 0 Å². The molecular weight excluding hydrogens is 624 g/mol. The highest BCUT2D eigenvalue weighted by atomic mass is 16.5. The van der Waals surface area contributed by atoms with Crippen molar-refractivity contribution in [3.05, 3.63) is 110 Å². The Morgan fingerprint density at radius 1 is 0.429 bits per heavy atom. The molecule has 0 atom stereocenters. The zero-order valence-electron chi connectivity index (χ0n) is 29.9. The van der Waals surface area contributed by atoms with Crippen LogP contribution in [0.2, 0.25) is 0 Å². The van der Waals surface area contributed by atoms with E-state index in [4.69, 9.17) is 14.2 Å². The van der Waals surface area contributed by atoms with E-state index in [9.17, 15) is 30.6 Å². The number of methoxy groups -OCH3 is 3. The average molecular weight is 675 g/mol. The van der Waals surface area contributed by atoms with Crippen molar-refractivity contribution in [1.29, 1.82) is 0 Å². The van der Waals surface area contributed by atoms with Crippen molar-refractivity contribution in [3.63, 3.8) is 0 Å². The largest absolute Gasteiger partial charge is 0.507 e. The van der Waals surface area contributed by atoms with Crippen molar-refractivity contribution in [2.45, 2.75) is 84.2 Å². The van der Waals surface area contributed by atoms with Crippen LogP contribution in [0.3, 0.4) is 0 Å². The monoisotopic (exact) mass is 674 g/mol. The summed E-state index contributed by atoms with van der Waals surface area (Å²) < 4.78 is 16.4. The minimum Gasteiger partial charge on any atom is -0.507 e. The summed E-state index contributed by atoms with van der Waals surface area (Å²) >= 11 is 0. The van der Waals surface area contributed by atoms with E-state index in [-0.39, 0.29) is 36.2 Å². The van der Waals surface area contributed by atoms with E-state index in [0.717, 1.165) is 33.4 Å². The number of hydrogen-bond donors (Lipinski definition) is 6. The van der Waals surface area contributed by atoms with E-state index in [0.29, 0.717) is 28.0 Å². The second kappa shape index (κ2) is 14.3. The standard InChI is InChI=1S/C40H50O9/c1-38(2,27-10-23(19-41)35(44)24(11-27)20-42)30-14-31(39(3,4)28-12-25(21-43)36(45)33(17-28)48-8)16-32(15-30)40(5,6)29-13-26(22-47-7)37(46)34(18-29)49-9/h10-18,41-46H,19-22H2,1-9H3. The van der Waals surface area contributed by atoms with Crippen LogP contribution in [0, 0.1) is 0 Å². The van der Waals surface area contributed by atoms with Crippen LogP contribution in [-0.2, 0) is 47.4 Å². The van der Waals surface area contributed by atoms with Gasteiger partial charge in [-0.15, -0.1) is 0 Å². The summed E-state index contributed by atoms with van der Waals surface area (Å²) in [5.74, 6) is 0.370. The normalized spacial score (nSPS) is 12.3. The maximum Gasteiger partial charge on any atom is 0.163 e. The van der Waals surface area contributed by atoms with Crippen LogP contribution < -0.4 is 9.47 Å². The fourth-order valence-electron chi connectivity index (χ4n) is 6.32. The Labute approximate surface area is 289 Å². The van der Waals surface area contributed by atoms with Gasteiger partial charge in [-0.1, -0.05) is 59.7 Å². The summed E-state index contributed by atoms with van der Waals surface area (Å²) in [6, 6.07) is 17.2. The van der Waals surface area contributed by atoms with Gasteiger partial charge in [-0.25, -0.2) is 0 Å². The van der Waals surface area contributed by atoms with Crippen molar-refractivity contribution >= 4 is 0 Å². The number of phenols is 3. The van der Waals surface area contributed by atoms with E-state index in [2.05, 4.69) is 59.7 Å². The van der Waals surface area contributed by atoms with Gasteiger partial charge < -0.3 is 44.8 Å². The molecule has 0 aliphatic carbocycles. The third kappa shape index (κ3) is 6.94. The van der Waals surface area contributed by atoms with Gasteiger partial charge in [-0.2, -0.15) is 0 Å². The summed E-state index contributed by atoms with van der Waals surface area (Å²) in [4.78, 5) is 0. The average Bonchev–Trinajstić information content (AvgIpc) is 3.08. The minimum atomic E-state index is -0.685. The lowest BCUT2D eigenvalue weighted by Gasteiger charge is -2.35. The third-order valence-electron chi connectivity index (χ3n) is 10.1. The lowest BCUT2D eigenvalue weighted by molar-refractivity contribution is 0.181. The smallest absolute Gasteiger partial charge is 0.163 e. The SMILES string of the molecule is COCc1cc(C(C)(C)c2cc(C(C)(C)c3cc(CO)c(O)c(CO)c3)cc(C(C)(C)c3cc(CO)c(O)c(OC)c3)c2)cc(OC)c1O. The van der Waals surface area contributed by atoms with Crippen LogP contribution in [0.5, 0.6) is 28.7 Å². The summed E-state index contributed by atoms with van der Waals surface area (Å²) in [6.45, 7) is 11.5. The second-order valence-electron chi connectivity index (χ2n) is 14.1. The van der Waals surface area contributed by atoms with Gasteiger partial charge in [0.05, 0.1) is 40.6 Å². The molecule has 4 rings (SSSR count). The van der Waals surface area contributed by atoms with Crippen molar-refractivity contribution in [2.24, 2.45) is 0 Å². The first-order valence-corrected chi connectivity index (χ1v) is 16.2. The van der Waals surface area contributed by atoms with Crippen LogP contribution >= 0.6 is 0 Å². The number of phenolic OH excluding ortho intramolecular Hbond substituents is 1. The van der Waals surface area contributed by atoms with Gasteiger partial charge in [0.25, 0.3) is 0 Å². The van der Waals surface area contributed by atoms with E-state index < -0.39 is 29.5 Å². The molecule has 0 fully saturated rings. The van der Waals surface area contributed by atoms with Crippen molar-refractivity contribution < 1.29 is 44.8 Å². The Bertz CT molecular complexity index is 1680. The summed E-state index contributed by atoms with van der Waals surface area (Å²) in [5.41, 5.74) is 4.89. The highest BCUT2D eigenvalue weighted by molar-refractivity contribution is 5.57. The molecule has 9 heteroatoms. The van der Waals surface area contributed by atoms with Crippen molar-refractivity contribution in [1.82, 2.24) is 0 Å². The minimum absolute atomic E-state index is 0.0216. The van der Waals surface area contributed by atoms with Crippen LogP contribution in [-0.4, -0.2) is 52.0 Å². The molecule has 0 radical (unpaired) electrons. The first-order valence-electron chi connectivity index (χ1n) is 16.2. The number of rotatable bonds is 13. The first kappa shape index (κ1) is 37.5. The third-order valence-corrected chi connectivity index (χ3v) is 10.1. The fraction of sp³-hybridized carbons (Fsp3) is 0.400. The molecule has 0 amide bonds. The molecule has 4 aromatic carbocycles. The van der Waals surface area contributed by atoms with Gasteiger partial charge in [-0.05, 0) is 69.8 Å². The van der Waals surface area contributed by atoms with Gasteiger partial charge in [0.15, 0.2) is 23.0 Å². The molecule has 9 nitrogen and oxygen atoms in total. The molecule has 0 aliphatic rings. The molecule has 0 saturated heterocycles. The van der Waals surface area contributed by atoms with Crippen LogP contribution in [0.1, 0.15) is 97.2 Å². The molecule has 4 aromatic rings. The Morgan fingerprint density at radius 2 is 0.714 bits per heavy atom. The molecule has 0 saturated carbocycles. The van der Waals surface area contributed by atoms with E-state index in [1.807, 2.05) is 12.1 Å². The summed E-state index contributed by atoms with van der Waals surface area (Å²) in [7, 11) is 4.55. The lowest BCUT2D eigenvalue weighted by atomic mass is 9.68. The predicted octanol–water partition coefficient (Wildman–Crippen LogP) is 6.42. The molecule has 0 spiro atoms. The number of ether oxygens (including phenoxy) is 3. The van der Waals surface area contributed by atoms with Gasteiger partial charge in [0.2, 0.25) is 0 Å². The maximum absolute atomic E-state index is 10.8. The topological polar surface area (TPSA) is 149 Å². The second-order valence-corrected chi connectivity index (χ2v) is 14.1. The number of aliphatic hydroxyl groups excluding tert-OH is 3. The number of aliphatic hydroxyl groups is 3. The number of benzene rings is 4. The molecule has 0 heterocycles. The van der Waals surface area contributed by atoms with Gasteiger partial charge in [0.1, 0.15) is 5.75 Å². The molecule has 0 unspecified atom stereocenters. The Hall–Kier alpha value is -4.28. The van der Waals surface area contributed by atoms with Gasteiger partial charge in [0, 0.05) is 45.6 Å². The number of hydrogen-bond acceptors (Lipinski definition) is 9. The van der Waals surface area contributed by atoms with Crippen LogP contribution in [0.25, 0.3) is 0 Å². The van der Waals surface area contributed by atoms with E-state index in [1.165, 1.54) is 14.2 Å². The van der Waals surface area contributed by atoms with Crippen molar-refractivity contribution in [2.75, 3.05) is 21.3 Å². The summed E-state index contributed by atoms with van der Waals surface area (Å²) in [6.07, 6.45) is 0. The highest BCUT2D eigenvalue weighted by Crippen LogP contribution is 2.46. The molecule has 264 valence electrons. The predicted molar refractivity (Wildman–Crippen MR) is 189 cm³/mol. The van der Waals surface area contributed by atoms with Crippen LogP contribution in [0.15, 0.2) is 54.6 Å². The molecule has 49 heavy (non-hydrogen) atoms. The molecule has 0 aliphatic heterocycles. The first-order chi connectivity index (χ1) is 23.0. The Balaban J connectivity index is 2.06. The summed E-state index contributed by atoms with van der Waals surface area (Å²) in [5, 5.41) is 62.3. The Morgan fingerprint density at radius 3 is 1.04 bits per heavy atom. The fourth-order valence-corrected chi connectivity index (χ4v) is 6.32. The highest BCUT2D eigenvalue weighted by Gasteiger charge is 2.34. The molecule has 0 bridgehead atoms. The van der Waals surface area contributed by atoms with Crippen LogP contribution in [0.4, 0.5) is 0 Å². The van der Waals surface area contributed by atoms with Crippen molar-refractivity contribution in [3.8, 4) is 28.7 Å². The lowest BCUT2D eigenvalue weighted by Crippen LogP contribution is -2.27. The molecular formula is C40H50O9. The van der Waals surface area contributed by atoms with Gasteiger partial charge >= 0.3 is 0 Å². The van der Waals surface area contributed by atoms with E-state index >= 15 is 0 Å². The molecule has 0 aromatic heterocycles. The zero-order chi connectivity index (χ0) is 36.5.